The van der Waals surface area contributed by atoms with E-state index in [-0.39, 0.29) is 16.1 Å². The smallest absolute Gasteiger partial charge is 0.243 e. The summed E-state index contributed by atoms with van der Waals surface area (Å²) in [5.41, 5.74) is 0. The third-order valence-corrected chi connectivity index (χ3v) is 4.30. The average molecular weight is 292 g/mol. The summed E-state index contributed by atoms with van der Waals surface area (Å²) < 4.78 is 31.6. The summed E-state index contributed by atoms with van der Waals surface area (Å²) in [4.78, 5) is 7.32. The lowest BCUT2D eigenvalue weighted by Gasteiger charge is -2.22. The molecule has 100 valence electrons. The van der Waals surface area contributed by atoms with Crippen molar-refractivity contribution in [1.82, 2.24) is 14.7 Å². The maximum atomic E-state index is 11.9. The molecule has 1 aliphatic heterocycles. The molecule has 0 radical (unpaired) electrons. The molecule has 18 heavy (non-hydrogen) atoms. The third-order valence-electron chi connectivity index (χ3n) is 2.72. The van der Waals surface area contributed by atoms with Crippen LogP contribution in [0.25, 0.3) is 0 Å². The quantitative estimate of drug-likeness (QED) is 0.831. The fourth-order valence-corrected chi connectivity index (χ4v) is 2.82. The normalized spacial score (nSPS) is 20.8. The summed E-state index contributed by atoms with van der Waals surface area (Å²) in [6, 6.07) is 0. The molecule has 6 nitrogen and oxygen atoms in total. The minimum Gasteiger partial charge on any atom is -0.381 e. The number of hydrogen-bond donors (Lipinski definition) is 1. The summed E-state index contributed by atoms with van der Waals surface area (Å²) >= 11 is 5.51. The van der Waals surface area contributed by atoms with Gasteiger partial charge in [-0.2, -0.15) is 0 Å². The Morgan fingerprint density at radius 3 is 2.78 bits per heavy atom. The monoisotopic (exact) mass is 291 g/mol. The van der Waals surface area contributed by atoms with Crippen molar-refractivity contribution in [3.05, 3.63) is 17.7 Å². The number of rotatable bonds is 4. The van der Waals surface area contributed by atoms with Crippen LogP contribution in [0, 0.1) is 5.92 Å². The summed E-state index contributed by atoms with van der Waals surface area (Å²) in [6.45, 7) is 1.72. The minimum absolute atomic E-state index is 0.0172. The Morgan fingerprint density at radius 2 is 2.17 bits per heavy atom. The average Bonchev–Trinajstić information content (AvgIpc) is 2.38. The topological polar surface area (TPSA) is 81.2 Å². The molecule has 1 fully saturated rings. The standard InChI is InChI=1S/C10H14ClN3O3S/c11-10-12-5-9(6-13-10)18(15,16)14-4-8-2-1-3-17-7-8/h5-6,8,14H,1-4,7H2. The van der Waals surface area contributed by atoms with Crippen LogP contribution >= 0.6 is 11.6 Å². The molecule has 2 rings (SSSR count). The molecule has 0 spiro atoms. The van der Waals surface area contributed by atoms with Gasteiger partial charge >= 0.3 is 0 Å². The van der Waals surface area contributed by atoms with Crippen molar-refractivity contribution in [2.45, 2.75) is 17.7 Å². The lowest BCUT2D eigenvalue weighted by molar-refractivity contribution is 0.0568. The molecule has 2 heterocycles. The van der Waals surface area contributed by atoms with Crippen molar-refractivity contribution in [3.8, 4) is 0 Å². The molecule has 0 aliphatic carbocycles. The van der Waals surface area contributed by atoms with E-state index in [1.807, 2.05) is 0 Å². The molecule has 0 bridgehead atoms. The molecular formula is C10H14ClN3O3S. The lowest BCUT2D eigenvalue weighted by atomic mass is 10.0. The zero-order chi connectivity index (χ0) is 13.0. The first-order chi connectivity index (χ1) is 8.58. The second-order valence-electron chi connectivity index (χ2n) is 4.12. The highest BCUT2D eigenvalue weighted by Crippen LogP contribution is 2.14. The summed E-state index contributed by atoms with van der Waals surface area (Å²) in [5, 5.41) is 0.0228. The van der Waals surface area contributed by atoms with Gasteiger partial charge in [0.05, 0.1) is 19.0 Å². The van der Waals surface area contributed by atoms with Gasteiger partial charge in [0.1, 0.15) is 4.90 Å². The van der Waals surface area contributed by atoms with E-state index in [2.05, 4.69) is 14.7 Å². The van der Waals surface area contributed by atoms with Crippen LogP contribution in [0.4, 0.5) is 0 Å². The van der Waals surface area contributed by atoms with Gasteiger partial charge in [0, 0.05) is 13.2 Å². The van der Waals surface area contributed by atoms with Crippen LogP contribution in [0.15, 0.2) is 17.3 Å². The lowest BCUT2D eigenvalue weighted by Crippen LogP contribution is -2.33. The van der Waals surface area contributed by atoms with Crippen LogP contribution < -0.4 is 4.72 Å². The van der Waals surface area contributed by atoms with Gasteiger partial charge < -0.3 is 4.74 Å². The van der Waals surface area contributed by atoms with Crippen molar-refractivity contribution in [3.63, 3.8) is 0 Å². The van der Waals surface area contributed by atoms with Crippen LogP contribution in [-0.4, -0.2) is 38.1 Å². The fourth-order valence-electron chi connectivity index (χ4n) is 1.72. The predicted molar refractivity (Wildman–Crippen MR) is 65.8 cm³/mol. The van der Waals surface area contributed by atoms with Crippen LogP contribution in [0.3, 0.4) is 0 Å². The Bertz CT molecular complexity index is 486. The van der Waals surface area contributed by atoms with E-state index < -0.39 is 10.0 Å². The number of nitrogens with one attached hydrogen (secondary N) is 1. The molecule has 0 saturated carbocycles. The first-order valence-electron chi connectivity index (χ1n) is 5.63. The zero-order valence-corrected chi connectivity index (χ0v) is 11.2. The zero-order valence-electron chi connectivity index (χ0n) is 9.67. The second-order valence-corrected chi connectivity index (χ2v) is 6.23. The molecular weight excluding hydrogens is 278 g/mol. The summed E-state index contributed by atoms with van der Waals surface area (Å²) in [5.74, 6) is 0.224. The summed E-state index contributed by atoms with van der Waals surface area (Å²) in [6.07, 6.45) is 4.32. The largest absolute Gasteiger partial charge is 0.381 e. The number of nitrogens with zero attached hydrogens (tertiary/aromatic N) is 2. The molecule has 1 aromatic rings. The number of aromatic nitrogens is 2. The van der Waals surface area contributed by atoms with E-state index in [1.165, 1.54) is 12.4 Å². The van der Waals surface area contributed by atoms with Gasteiger partial charge in [0.2, 0.25) is 15.3 Å². The highest BCUT2D eigenvalue weighted by atomic mass is 35.5. The molecule has 1 N–H and O–H groups in total. The first-order valence-corrected chi connectivity index (χ1v) is 7.49. The molecule has 8 heteroatoms. The van der Waals surface area contributed by atoms with Crippen LogP contribution in [0.5, 0.6) is 0 Å². The maximum Gasteiger partial charge on any atom is 0.243 e. The molecule has 1 unspecified atom stereocenters. The molecule has 1 aliphatic rings. The number of ether oxygens (including phenoxy) is 1. The molecule has 1 aromatic heterocycles. The van der Waals surface area contributed by atoms with Gasteiger partial charge in [-0.15, -0.1) is 0 Å². The fraction of sp³-hybridized carbons (Fsp3) is 0.600. The molecule has 0 amide bonds. The van der Waals surface area contributed by atoms with Crippen LogP contribution in [-0.2, 0) is 14.8 Å². The van der Waals surface area contributed by atoms with Gasteiger partial charge in [-0.05, 0) is 30.4 Å². The minimum atomic E-state index is -3.57. The van der Waals surface area contributed by atoms with E-state index in [1.54, 1.807) is 0 Å². The summed E-state index contributed by atoms with van der Waals surface area (Å²) in [7, 11) is -3.57. The Morgan fingerprint density at radius 1 is 1.44 bits per heavy atom. The SMILES string of the molecule is O=S(=O)(NCC1CCCOC1)c1cnc(Cl)nc1. The van der Waals surface area contributed by atoms with Gasteiger partial charge in [0.15, 0.2) is 0 Å². The maximum absolute atomic E-state index is 11.9. The van der Waals surface area contributed by atoms with Gasteiger partial charge in [-0.3, -0.25) is 0 Å². The number of sulfonamides is 1. The molecule has 0 aromatic carbocycles. The van der Waals surface area contributed by atoms with Crippen LogP contribution in [0.2, 0.25) is 5.28 Å². The van der Waals surface area contributed by atoms with Crippen molar-refractivity contribution < 1.29 is 13.2 Å². The van der Waals surface area contributed by atoms with E-state index >= 15 is 0 Å². The molecule has 1 atom stereocenters. The van der Waals surface area contributed by atoms with E-state index in [0.717, 1.165) is 19.4 Å². The number of hydrogen-bond acceptors (Lipinski definition) is 5. The Kier molecular flexibility index (Phi) is 4.50. The Balaban J connectivity index is 1.96. The Labute approximate surface area is 111 Å². The molecule has 1 saturated heterocycles. The van der Waals surface area contributed by atoms with Crippen molar-refractivity contribution >= 4 is 21.6 Å². The van der Waals surface area contributed by atoms with E-state index in [0.29, 0.717) is 13.2 Å². The van der Waals surface area contributed by atoms with Crippen molar-refractivity contribution in [2.75, 3.05) is 19.8 Å². The van der Waals surface area contributed by atoms with Gasteiger partial charge in [0.25, 0.3) is 0 Å². The van der Waals surface area contributed by atoms with Crippen molar-refractivity contribution in [2.24, 2.45) is 5.92 Å². The van der Waals surface area contributed by atoms with Crippen LogP contribution in [0.1, 0.15) is 12.8 Å². The first kappa shape index (κ1) is 13.7. The van der Waals surface area contributed by atoms with Gasteiger partial charge in [-0.25, -0.2) is 23.1 Å². The highest BCUT2D eigenvalue weighted by molar-refractivity contribution is 7.89. The van der Waals surface area contributed by atoms with E-state index in [9.17, 15) is 8.42 Å². The number of halogens is 1. The predicted octanol–water partition coefficient (Wildman–Crippen LogP) is 0.835. The second kappa shape index (κ2) is 5.92. The Hall–Kier alpha value is -0.760. The van der Waals surface area contributed by atoms with E-state index in [4.69, 9.17) is 16.3 Å². The van der Waals surface area contributed by atoms with Crippen molar-refractivity contribution in [1.29, 1.82) is 0 Å². The third kappa shape index (κ3) is 3.61. The highest BCUT2D eigenvalue weighted by Gasteiger charge is 2.19. The van der Waals surface area contributed by atoms with Gasteiger partial charge in [-0.1, -0.05) is 0 Å².